The highest BCUT2D eigenvalue weighted by atomic mass is 32.2. The van der Waals surface area contributed by atoms with Gasteiger partial charge in [-0.15, -0.1) is 0 Å². The molecule has 3 heterocycles. The first-order valence-corrected chi connectivity index (χ1v) is 22.4. The van der Waals surface area contributed by atoms with Crippen LogP contribution in [-0.2, 0) is 26.0 Å². The lowest BCUT2D eigenvalue weighted by atomic mass is 9.90. The van der Waals surface area contributed by atoms with Gasteiger partial charge in [-0.1, -0.05) is 36.4 Å². The van der Waals surface area contributed by atoms with Crippen LogP contribution in [0, 0.1) is 5.92 Å². The lowest BCUT2D eigenvalue weighted by Gasteiger charge is -2.38. The van der Waals surface area contributed by atoms with E-state index in [0.29, 0.717) is 54.4 Å². The van der Waals surface area contributed by atoms with E-state index in [-0.39, 0.29) is 40.7 Å². The van der Waals surface area contributed by atoms with E-state index >= 15 is 0 Å². The Labute approximate surface area is 342 Å². The molecule has 0 saturated carbocycles. The van der Waals surface area contributed by atoms with Crippen molar-refractivity contribution in [2.45, 2.75) is 70.0 Å². The highest BCUT2D eigenvalue weighted by molar-refractivity contribution is 7.90. The van der Waals surface area contributed by atoms with Crippen molar-refractivity contribution in [3.63, 3.8) is 0 Å². The second kappa shape index (κ2) is 19.3. The quantitative estimate of drug-likeness (QED) is 0.147. The normalized spacial score (nSPS) is 19.3. The number of methoxy groups -OCH3 is 1. The summed E-state index contributed by atoms with van der Waals surface area (Å²) in [6.45, 7) is 8.12. The van der Waals surface area contributed by atoms with Crippen LogP contribution >= 0.6 is 0 Å². The maximum absolute atomic E-state index is 14.1. The summed E-state index contributed by atoms with van der Waals surface area (Å²) in [4.78, 5) is 56.9. The first kappa shape index (κ1) is 42.8. The van der Waals surface area contributed by atoms with Crippen molar-refractivity contribution in [3.8, 4) is 11.5 Å². The number of sulfone groups is 1. The smallest absolute Gasteiger partial charge is 0.254 e. The van der Waals surface area contributed by atoms with E-state index in [1.807, 2.05) is 25.1 Å². The molecule has 58 heavy (non-hydrogen) atoms. The fourth-order valence-corrected chi connectivity index (χ4v) is 9.51. The minimum atomic E-state index is -3.52. The largest absolute Gasteiger partial charge is 0.493 e. The summed E-state index contributed by atoms with van der Waals surface area (Å²) in [6, 6.07) is 17.9. The molecule has 13 nitrogen and oxygen atoms in total. The van der Waals surface area contributed by atoms with Gasteiger partial charge < -0.3 is 24.6 Å². The molecule has 3 aliphatic rings. The third-order valence-corrected chi connectivity index (χ3v) is 12.7. The number of carbonyl (C=O) groups excluding carboxylic acids is 4. The summed E-state index contributed by atoms with van der Waals surface area (Å²) < 4.78 is 36.3. The van der Waals surface area contributed by atoms with Gasteiger partial charge in [0.25, 0.3) is 5.91 Å². The van der Waals surface area contributed by atoms with Gasteiger partial charge in [0.05, 0.1) is 42.6 Å². The van der Waals surface area contributed by atoms with E-state index < -0.39 is 21.8 Å². The Morgan fingerprint density at radius 2 is 1.67 bits per heavy atom. The summed E-state index contributed by atoms with van der Waals surface area (Å²) in [5, 5.41) is 6.00. The van der Waals surface area contributed by atoms with Crippen LogP contribution in [0.3, 0.4) is 0 Å². The van der Waals surface area contributed by atoms with Crippen molar-refractivity contribution in [3.05, 3.63) is 88.5 Å². The summed E-state index contributed by atoms with van der Waals surface area (Å²) in [5.41, 5.74) is 3.80. The van der Waals surface area contributed by atoms with Crippen molar-refractivity contribution < 1.29 is 37.1 Å². The summed E-state index contributed by atoms with van der Waals surface area (Å²) in [5.74, 6) is 0.139. The van der Waals surface area contributed by atoms with E-state index in [0.717, 1.165) is 76.8 Å². The van der Waals surface area contributed by atoms with Crippen LogP contribution in [0.4, 0.5) is 5.69 Å². The molecular weight excluding hydrogens is 759 g/mol. The molecular formula is C44H57N5O8S. The molecule has 0 bridgehead atoms. The van der Waals surface area contributed by atoms with E-state index in [4.69, 9.17) is 9.47 Å². The van der Waals surface area contributed by atoms with Crippen molar-refractivity contribution in [1.82, 2.24) is 20.0 Å². The Morgan fingerprint density at radius 3 is 2.31 bits per heavy atom. The Morgan fingerprint density at radius 1 is 0.966 bits per heavy atom. The number of hydrogen-bond donors (Lipinski definition) is 2. The van der Waals surface area contributed by atoms with Crippen LogP contribution in [0.5, 0.6) is 11.5 Å². The number of nitrogens with zero attached hydrogens (tertiary/aromatic N) is 3. The molecule has 14 heteroatoms. The van der Waals surface area contributed by atoms with Crippen LogP contribution < -0.4 is 20.1 Å². The van der Waals surface area contributed by atoms with Gasteiger partial charge in [0.2, 0.25) is 11.8 Å². The fourth-order valence-electron chi connectivity index (χ4n) is 8.52. The van der Waals surface area contributed by atoms with E-state index in [2.05, 4.69) is 32.6 Å². The van der Waals surface area contributed by atoms with Crippen LogP contribution in [0.15, 0.2) is 60.7 Å². The molecule has 3 amide bonds. The van der Waals surface area contributed by atoms with Gasteiger partial charge in [0.15, 0.2) is 17.8 Å². The first-order valence-electron chi connectivity index (χ1n) is 20.3. The zero-order chi connectivity index (χ0) is 41.4. The first-order chi connectivity index (χ1) is 27.8. The Kier molecular flexibility index (Phi) is 14.2. The molecule has 3 aliphatic heterocycles. The maximum atomic E-state index is 14.1. The number of nitrogens with one attached hydrogen (secondary N) is 2. The third kappa shape index (κ3) is 10.8. The van der Waals surface area contributed by atoms with Crippen LogP contribution in [0.1, 0.15) is 94.8 Å². The second-order valence-electron chi connectivity index (χ2n) is 15.9. The number of rotatable bonds is 16. The van der Waals surface area contributed by atoms with Crippen LogP contribution in [-0.4, -0.2) is 119 Å². The highest BCUT2D eigenvalue weighted by Gasteiger charge is 2.31. The summed E-state index contributed by atoms with van der Waals surface area (Å²) >= 11 is 0. The molecule has 0 aromatic heterocycles. The van der Waals surface area contributed by atoms with Gasteiger partial charge in [-0.05, 0) is 99.0 Å². The predicted octanol–water partition coefficient (Wildman–Crippen LogP) is 5.07. The van der Waals surface area contributed by atoms with Crippen LogP contribution in [0.25, 0.3) is 0 Å². The standard InChI is InChI=1S/C44H57N5O8S/c1-5-57-41-25-33(13-15-40(41)56-3)39(29-58(4,54)55)47(2)44(53)36-7-6-8-38(37(36)28-50)45-34-19-23-49(24-20-34)27-31-17-21-48(22-18-31)26-30-9-11-32(12-10-30)35-14-16-42(51)46-43(35)52/h6-13,15,25,28,31,34-35,39,45H,5,14,16-24,26-27,29H2,1-4H3,(H,46,51,52). The number of benzene rings is 3. The zero-order valence-electron chi connectivity index (χ0n) is 34.1. The summed E-state index contributed by atoms with van der Waals surface area (Å²) in [7, 11) is -0.439. The average Bonchev–Trinajstić information content (AvgIpc) is 3.21. The number of aldehydes is 1. The molecule has 2 atom stereocenters. The number of likely N-dealkylation sites (tertiary alicyclic amines) is 2. The summed E-state index contributed by atoms with van der Waals surface area (Å²) in [6.07, 6.45) is 6.86. The molecule has 2 N–H and O–H groups in total. The lowest BCUT2D eigenvalue weighted by Crippen LogP contribution is -2.43. The van der Waals surface area contributed by atoms with E-state index in [1.165, 1.54) is 17.6 Å². The molecule has 0 radical (unpaired) electrons. The second-order valence-corrected chi connectivity index (χ2v) is 18.1. The van der Waals surface area contributed by atoms with Crippen molar-refractivity contribution in [2.75, 3.05) is 70.8 Å². The molecule has 2 unspecified atom stereocenters. The molecule has 0 aliphatic carbocycles. The number of imide groups is 1. The number of ether oxygens (including phenoxy) is 2. The van der Waals surface area contributed by atoms with Crippen molar-refractivity contribution in [1.29, 1.82) is 0 Å². The van der Waals surface area contributed by atoms with E-state index in [9.17, 15) is 27.6 Å². The SMILES string of the molecule is CCOc1cc(C(CS(C)(=O)=O)N(C)C(=O)c2cccc(NC3CCN(CC4CCN(Cc5ccc(C6CCC(=O)NC6=O)cc5)CC4)CC3)c2C=O)ccc1OC. The van der Waals surface area contributed by atoms with Gasteiger partial charge in [0.1, 0.15) is 9.84 Å². The number of piperidine rings is 3. The van der Waals surface area contributed by atoms with Gasteiger partial charge in [-0.25, -0.2) is 8.42 Å². The van der Waals surface area contributed by atoms with E-state index in [1.54, 1.807) is 37.4 Å². The lowest BCUT2D eigenvalue weighted by molar-refractivity contribution is -0.134. The zero-order valence-corrected chi connectivity index (χ0v) is 34.9. The minimum absolute atomic E-state index is 0.135. The predicted molar refractivity (Wildman–Crippen MR) is 223 cm³/mol. The van der Waals surface area contributed by atoms with Crippen LogP contribution in [0.2, 0.25) is 0 Å². The fraction of sp³-hybridized carbons (Fsp3) is 0.500. The van der Waals surface area contributed by atoms with Crippen molar-refractivity contribution >= 4 is 39.5 Å². The topological polar surface area (TPSA) is 155 Å². The Hall–Kier alpha value is -4.79. The average molecular weight is 816 g/mol. The van der Waals surface area contributed by atoms with Gasteiger partial charge in [0, 0.05) is 57.6 Å². The molecule has 6 rings (SSSR count). The van der Waals surface area contributed by atoms with Gasteiger partial charge in [-0.3, -0.25) is 29.4 Å². The molecule has 0 spiro atoms. The number of carbonyl (C=O) groups is 4. The molecule has 3 saturated heterocycles. The molecule has 3 fully saturated rings. The molecule has 312 valence electrons. The molecule has 3 aromatic carbocycles. The van der Waals surface area contributed by atoms with Gasteiger partial charge in [-0.2, -0.15) is 0 Å². The molecule has 3 aromatic rings. The Bertz CT molecular complexity index is 2040. The minimum Gasteiger partial charge on any atom is -0.493 e. The maximum Gasteiger partial charge on any atom is 0.254 e. The number of amides is 3. The Balaban J connectivity index is 1.00. The monoisotopic (exact) mass is 815 g/mol. The van der Waals surface area contributed by atoms with Gasteiger partial charge >= 0.3 is 0 Å². The highest BCUT2D eigenvalue weighted by Crippen LogP contribution is 2.34. The third-order valence-electron chi connectivity index (χ3n) is 11.8. The number of anilines is 1. The number of hydrogen-bond acceptors (Lipinski definition) is 11. The van der Waals surface area contributed by atoms with Crippen molar-refractivity contribution in [2.24, 2.45) is 5.92 Å².